The molecule has 8 rings (SSSR count). The molecule has 0 bridgehead atoms. The van der Waals surface area contributed by atoms with Crippen LogP contribution >= 0.6 is 11.6 Å². The summed E-state index contributed by atoms with van der Waals surface area (Å²) in [5, 5.41) is 7.11. The summed E-state index contributed by atoms with van der Waals surface area (Å²) in [5.74, 6) is 1.65. The summed E-state index contributed by atoms with van der Waals surface area (Å²) in [5.41, 5.74) is 4.99. The lowest BCUT2D eigenvalue weighted by Crippen LogP contribution is -2.60. The van der Waals surface area contributed by atoms with Gasteiger partial charge in [-0.05, 0) is 82.0 Å². The maximum Gasteiger partial charge on any atom is 0.328 e. The van der Waals surface area contributed by atoms with Crippen LogP contribution in [-0.4, -0.2) is 92.9 Å². The fourth-order valence-corrected chi connectivity index (χ4v) is 8.14. The topological polar surface area (TPSA) is 128 Å². The maximum absolute atomic E-state index is 15.3. The number of imidazole rings is 1. The second-order valence-electron chi connectivity index (χ2n) is 15.1. The van der Waals surface area contributed by atoms with Crippen molar-refractivity contribution in [1.82, 2.24) is 34.9 Å². The predicted octanol–water partition coefficient (Wildman–Crippen LogP) is 6.52. The number of anilines is 3. The smallest absolute Gasteiger partial charge is 0.328 e. The molecule has 0 unspecified atom stereocenters. The van der Waals surface area contributed by atoms with Gasteiger partial charge >= 0.3 is 6.03 Å². The zero-order valence-corrected chi connectivity index (χ0v) is 31.7. The van der Waals surface area contributed by atoms with E-state index in [-0.39, 0.29) is 30.2 Å². The van der Waals surface area contributed by atoms with Gasteiger partial charge in [-0.1, -0.05) is 11.6 Å². The predicted molar refractivity (Wildman–Crippen MR) is 207 cm³/mol. The molecule has 0 atom stereocenters. The Morgan fingerprint density at radius 1 is 1.00 bits per heavy atom. The molecular weight excluding hydrogens is 711 g/mol. The number of hydrogen-bond acceptors (Lipinski definition) is 9. The Kier molecular flexibility index (Phi) is 9.42. The number of aromatic amines is 1. The highest BCUT2D eigenvalue weighted by Gasteiger charge is 2.36. The van der Waals surface area contributed by atoms with Crippen molar-refractivity contribution in [3.63, 3.8) is 0 Å². The number of benzene rings is 2. The summed E-state index contributed by atoms with van der Waals surface area (Å²) in [6.07, 6.45) is 5.63. The molecule has 0 saturated carbocycles. The second kappa shape index (κ2) is 14.2. The van der Waals surface area contributed by atoms with E-state index in [1.165, 1.54) is 11.0 Å². The molecule has 6 heterocycles. The molecule has 3 saturated heterocycles. The van der Waals surface area contributed by atoms with Gasteiger partial charge in [0.1, 0.15) is 27.9 Å². The van der Waals surface area contributed by atoms with Gasteiger partial charge in [0, 0.05) is 82.4 Å². The van der Waals surface area contributed by atoms with E-state index in [4.69, 9.17) is 16.3 Å². The van der Waals surface area contributed by atoms with Crippen molar-refractivity contribution in [2.75, 3.05) is 60.5 Å². The Morgan fingerprint density at radius 2 is 1.76 bits per heavy atom. The van der Waals surface area contributed by atoms with Crippen LogP contribution in [0.1, 0.15) is 38.8 Å². The highest BCUT2D eigenvalue weighted by Crippen LogP contribution is 2.37. The molecule has 13 nitrogen and oxygen atoms in total. The number of piperazine rings is 1. The third-order valence-electron chi connectivity index (χ3n) is 10.9. The van der Waals surface area contributed by atoms with E-state index in [2.05, 4.69) is 66.0 Å². The number of nitrogens with zero attached hydrogens (tertiary/aromatic N) is 8. The lowest BCUT2D eigenvalue weighted by molar-refractivity contribution is -0.120. The summed E-state index contributed by atoms with van der Waals surface area (Å²) in [6.45, 7) is 12.1. The Hall–Kier alpha value is -5.21. The number of piperidine rings is 1. The van der Waals surface area contributed by atoms with Crippen molar-refractivity contribution >= 4 is 51.8 Å². The molecule has 5 aromatic rings. The molecule has 0 aliphatic carbocycles. The second-order valence-corrected chi connectivity index (χ2v) is 15.5. The first-order valence-corrected chi connectivity index (χ1v) is 18.8. The number of carbonyl (C=O) groups excluding carboxylic acids is 2. The van der Waals surface area contributed by atoms with Gasteiger partial charge in [-0.25, -0.2) is 19.2 Å². The van der Waals surface area contributed by atoms with Gasteiger partial charge in [0.05, 0.1) is 23.1 Å². The molecule has 54 heavy (non-hydrogen) atoms. The van der Waals surface area contributed by atoms with E-state index in [1.54, 1.807) is 23.0 Å². The minimum absolute atomic E-state index is 0.0427. The Labute approximate surface area is 318 Å². The number of halogens is 2. The normalized spacial score (nSPS) is 18.4. The van der Waals surface area contributed by atoms with Crippen LogP contribution in [-0.2, 0) is 11.8 Å². The summed E-state index contributed by atoms with van der Waals surface area (Å²) in [6, 6.07) is 12.5. The number of pyridine rings is 1. The first kappa shape index (κ1) is 35.8. The third-order valence-corrected chi connectivity index (χ3v) is 11.2. The summed E-state index contributed by atoms with van der Waals surface area (Å²) < 4.78 is 23.4. The van der Waals surface area contributed by atoms with Gasteiger partial charge in [0.2, 0.25) is 5.91 Å². The minimum atomic E-state index is -0.513. The number of ether oxygens (including phenoxy) is 1. The van der Waals surface area contributed by atoms with Crippen LogP contribution < -0.4 is 24.8 Å². The molecule has 2 N–H and O–H groups in total. The van der Waals surface area contributed by atoms with E-state index in [0.717, 1.165) is 69.1 Å². The molecule has 3 fully saturated rings. The number of fused-ring (bicyclic) bond motifs is 1. The van der Waals surface area contributed by atoms with Gasteiger partial charge < -0.3 is 19.5 Å². The largest absolute Gasteiger partial charge is 0.453 e. The molecule has 0 spiro atoms. The zero-order valence-electron chi connectivity index (χ0n) is 30.9. The highest BCUT2D eigenvalue weighted by molar-refractivity contribution is 6.32. The zero-order chi connectivity index (χ0) is 37.7. The minimum Gasteiger partial charge on any atom is -0.453 e. The summed E-state index contributed by atoms with van der Waals surface area (Å²) in [7, 11) is 1.88. The van der Waals surface area contributed by atoms with Crippen LogP contribution in [0.2, 0.25) is 5.02 Å². The molecule has 3 aromatic heterocycles. The molecule has 2 aromatic carbocycles. The molecule has 282 valence electrons. The molecule has 3 aliphatic rings. The van der Waals surface area contributed by atoms with Gasteiger partial charge in [0.25, 0.3) is 0 Å². The Morgan fingerprint density at radius 3 is 2.44 bits per heavy atom. The lowest BCUT2D eigenvalue weighted by Gasteiger charge is -2.49. The van der Waals surface area contributed by atoms with E-state index in [1.807, 2.05) is 32.3 Å². The fraction of sp³-hybridized carbons (Fsp3) is 0.410. The van der Waals surface area contributed by atoms with Crippen molar-refractivity contribution < 1.29 is 18.7 Å². The molecule has 3 aliphatic heterocycles. The lowest BCUT2D eigenvalue weighted by atomic mass is 9.91. The van der Waals surface area contributed by atoms with E-state index in [9.17, 15) is 9.59 Å². The first-order valence-electron chi connectivity index (χ1n) is 18.4. The van der Waals surface area contributed by atoms with E-state index in [0.29, 0.717) is 50.8 Å². The monoisotopic (exact) mass is 754 g/mol. The number of nitrogens with one attached hydrogen (secondary N) is 2. The molecular formula is C39H44ClFN10O3. The van der Waals surface area contributed by atoms with Gasteiger partial charge in [-0.3, -0.25) is 24.6 Å². The summed E-state index contributed by atoms with van der Waals surface area (Å²) >= 11 is 6.59. The Bertz CT molecular complexity index is 2210. The third kappa shape index (κ3) is 7.07. The number of amides is 3. The van der Waals surface area contributed by atoms with Crippen molar-refractivity contribution in [2.45, 2.75) is 45.6 Å². The maximum atomic E-state index is 15.3. The standard InChI is InChI=1S/C39H44ClFN10O3/c1-24-29(22-47(4)46-24)36-44-34-35(30(40)20-42-37(34)45-36)54-28-8-5-26(6-9-28)49-17-18-50(39(2,3)23-49)21-25-11-14-48(15-12-25)32-10-7-27(19-31(32)41)51-16-13-33(52)43-38(51)53/h5-10,19-20,22,25H,11-18,21,23H2,1-4H3,(H,42,44,45)(H,43,52,53). The fourth-order valence-electron chi connectivity index (χ4n) is 7.96. The van der Waals surface area contributed by atoms with Crippen LogP contribution in [0, 0.1) is 18.7 Å². The van der Waals surface area contributed by atoms with E-state index < -0.39 is 6.03 Å². The molecule has 3 amide bonds. The summed E-state index contributed by atoms with van der Waals surface area (Å²) in [4.78, 5) is 44.7. The number of carbonyl (C=O) groups is 2. The first-order chi connectivity index (χ1) is 25.9. The quantitative estimate of drug-likeness (QED) is 0.182. The number of H-pyrrole nitrogens is 1. The number of urea groups is 1. The Balaban J connectivity index is 0.861. The average Bonchev–Trinajstić information content (AvgIpc) is 3.73. The number of aryl methyl sites for hydroxylation is 2. The van der Waals surface area contributed by atoms with Crippen molar-refractivity contribution in [3.05, 3.63) is 71.4 Å². The van der Waals surface area contributed by atoms with Crippen LogP contribution in [0.25, 0.3) is 22.6 Å². The molecule has 15 heteroatoms. The number of rotatable bonds is 8. The van der Waals surface area contributed by atoms with Gasteiger partial charge in [-0.15, -0.1) is 0 Å². The average molecular weight is 755 g/mol. The van der Waals surface area contributed by atoms with Crippen LogP contribution in [0.5, 0.6) is 11.5 Å². The van der Waals surface area contributed by atoms with Crippen LogP contribution in [0.4, 0.5) is 26.2 Å². The number of hydrogen-bond donors (Lipinski definition) is 2. The van der Waals surface area contributed by atoms with E-state index >= 15 is 4.39 Å². The van der Waals surface area contributed by atoms with Crippen LogP contribution in [0.15, 0.2) is 54.9 Å². The molecule has 0 radical (unpaired) electrons. The SMILES string of the molecule is Cc1nn(C)cc1-c1nc2ncc(Cl)c(Oc3ccc(N4CCN(CC5CCN(c6ccc(N7CCC(=O)NC7=O)cc6F)CC5)C(C)(C)C4)cc3)c2[nH]1. The van der Waals surface area contributed by atoms with Gasteiger partial charge in [0.15, 0.2) is 11.4 Å². The number of imide groups is 1. The van der Waals surface area contributed by atoms with Gasteiger partial charge in [-0.2, -0.15) is 5.10 Å². The van der Waals surface area contributed by atoms with Crippen molar-refractivity contribution in [2.24, 2.45) is 13.0 Å². The van der Waals surface area contributed by atoms with Crippen LogP contribution in [0.3, 0.4) is 0 Å². The highest BCUT2D eigenvalue weighted by atomic mass is 35.5. The van der Waals surface area contributed by atoms with Crippen molar-refractivity contribution in [3.8, 4) is 22.9 Å². The number of aromatic nitrogens is 5. The van der Waals surface area contributed by atoms with Crippen molar-refractivity contribution in [1.29, 1.82) is 0 Å².